The van der Waals surface area contributed by atoms with Gasteiger partial charge in [-0.3, -0.25) is 0 Å². The van der Waals surface area contributed by atoms with Crippen molar-refractivity contribution in [3.63, 3.8) is 0 Å². The van der Waals surface area contributed by atoms with Crippen LogP contribution in [0.15, 0.2) is 24.3 Å². The highest BCUT2D eigenvalue weighted by atomic mass is 32.2. The van der Waals surface area contributed by atoms with E-state index in [0.29, 0.717) is 12.3 Å². The minimum Gasteiger partial charge on any atom is -0.488 e. The maximum atomic E-state index is 10.9. The molecule has 0 unspecified atom stereocenters. The van der Waals surface area contributed by atoms with E-state index in [4.69, 9.17) is 9.94 Å². The lowest BCUT2D eigenvalue weighted by molar-refractivity contribution is 0.161. The number of nitrogens with one attached hydrogen (secondary N) is 1. The molecule has 1 fully saturated rings. The van der Waals surface area contributed by atoms with Crippen LogP contribution < -0.4 is 10.2 Å². The first-order chi connectivity index (χ1) is 7.59. The Bertz CT molecular complexity index is 442. The van der Waals surface area contributed by atoms with Gasteiger partial charge in [-0.05, 0) is 17.7 Å². The van der Waals surface area contributed by atoms with Crippen molar-refractivity contribution in [2.24, 2.45) is 0 Å². The fraction of sp³-hybridized carbons (Fsp3) is 0.400. The predicted octanol–water partition coefficient (Wildman–Crippen LogP) is 0.341. The predicted molar refractivity (Wildman–Crippen MR) is 58.1 cm³/mol. The third-order valence-corrected chi connectivity index (χ3v) is 4.15. The highest BCUT2D eigenvalue weighted by Crippen LogP contribution is 2.20. The summed E-state index contributed by atoms with van der Waals surface area (Å²) in [5.41, 5.74) is 2.98. The first-order valence-electron chi connectivity index (χ1n) is 4.92. The summed E-state index contributed by atoms with van der Waals surface area (Å²) in [5.74, 6) is 0.862. The van der Waals surface area contributed by atoms with Gasteiger partial charge in [0.25, 0.3) is 0 Å². The zero-order valence-corrected chi connectivity index (χ0v) is 9.40. The van der Waals surface area contributed by atoms with Crippen molar-refractivity contribution in [1.82, 2.24) is 5.48 Å². The third-order valence-electron chi connectivity index (χ3n) is 2.39. The van der Waals surface area contributed by atoms with Crippen LogP contribution in [0.2, 0.25) is 0 Å². The van der Waals surface area contributed by atoms with E-state index in [1.54, 1.807) is 12.1 Å². The molecule has 6 heteroatoms. The summed E-state index contributed by atoms with van der Waals surface area (Å²) in [6, 6.07) is 7.15. The second-order valence-corrected chi connectivity index (χ2v) is 5.95. The Labute approximate surface area is 93.9 Å². The standard InChI is InChI=1S/C10H13NO4S/c12-11-5-8-1-3-9(4-2-8)15-10-6-16(13,14)7-10/h1-4,10-12H,5-7H2. The summed E-state index contributed by atoms with van der Waals surface area (Å²) in [6.07, 6.45) is -0.216. The van der Waals surface area contributed by atoms with Crippen molar-refractivity contribution in [1.29, 1.82) is 0 Å². The SMILES string of the molecule is O=S1(=O)CC(Oc2ccc(CNO)cc2)C1. The van der Waals surface area contributed by atoms with E-state index in [-0.39, 0.29) is 17.6 Å². The molecule has 1 aromatic carbocycles. The van der Waals surface area contributed by atoms with E-state index in [0.717, 1.165) is 5.56 Å². The van der Waals surface area contributed by atoms with E-state index in [1.807, 2.05) is 12.1 Å². The van der Waals surface area contributed by atoms with Crippen LogP contribution in [0, 0.1) is 0 Å². The minimum absolute atomic E-state index is 0.104. The van der Waals surface area contributed by atoms with Crippen molar-refractivity contribution < 1.29 is 18.4 Å². The molecule has 0 bridgehead atoms. The molecule has 88 valence electrons. The molecule has 1 aliphatic rings. The third kappa shape index (κ3) is 2.72. The Balaban J connectivity index is 1.91. The van der Waals surface area contributed by atoms with Crippen LogP contribution >= 0.6 is 0 Å². The Morgan fingerprint density at radius 3 is 2.44 bits per heavy atom. The molecule has 0 aliphatic carbocycles. The maximum absolute atomic E-state index is 10.9. The van der Waals surface area contributed by atoms with Gasteiger partial charge in [0.15, 0.2) is 9.84 Å². The number of hydroxylamine groups is 1. The highest BCUT2D eigenvalue weighted by molar-refractivity contribution is 7.92. The molecule has 0 radical (unpaired) electrons. The minimum atomic E-state index is -2.84. The molecule has 1 aliphatic heterocycles. The number of rotatable bonds is 4. The molecule has 0 amide bonds. The van der Waals surface area contributed by atoms with Gasteiger partial charge in [0.1, 0.15) is 11.9 Å². The second-order valence-electron chi connectivity index (χ2n) is 3.80. The van der Waals surface area contributed by atoms with E-state index in [1.165, 1.54) is 0 Å². The van der Waals surface area contributed by atoms with Gasteiger partial charge >= 0.3 is 0 Å². The van der Waals surface area contributed by atoms with Crippen LogP contribution in [0.4, 0.5) is 0 Å². The van der Waals surface area contributed by atoms with Crippen LogP contribution in [0.3, 0.4) is 0 Å². The van der Waals surface area contributed by atoms with Crippen LogP contribution in [0.25, 0.3) is 0 Å². The fourth-order valence-corrected chi connectivity index (χ4v) is 2.73. The molecule has 16 heavy (non-hydrogen) atoms. The van der Waals surface area contributed by atoms with Crippen molar-refractivity contribution in [3.8, 4) is 5.75 Å². The van der Waals surface area contributed by atoms with Crippen LogP contribution in [-0.4, -0.2) is 31.2 Å². The molecule has 1 saturated heterocycles. The number of sulfone groups is 1. The van der Waals surface area contributed by atoms with Crippen molar-refractivity contribution >= 4 is 9.84 Å². The number of hydrogen-bond acceptors (Lipinski definition) is 5. The topological polar surface area (TPSA) is 75.6 Å². The summed E-state index contributed by atoms with van der Waals surface area (Å²) >= 11 is 0. The number of benzene rings is 1. The Hall–Kier alpha value is -1.11. The van der Waals surface area contributed by atoms with E-state index < -0.39 is 9.84 Å². The van der Waals surface area contributed by atoms with Crippen LogP contribution in [0.1, 0.15) is 5.56 Å². The number of ether oxygens (including phenoxy) is 1. The second kappa shape index (κ2) is 4.40. The lowest BCUT2D eigenvalue weighted by Gasteiger charge is -2.26. The maximum Gasteiger partial charge on any atom is 0.157 e. The van der Waals surface area contributed by atoms with Gasteiger partial charge < -0.3 is 9.94 Å². The van der Waals surface area contributed by atoms with Crippen molar-refractivity contribution in [2.75, 3.05) is 11.5 Å². The average Bonchev–Trinajstić information content (AvgIpc) is 2.18. The smallest absolute Gasteiger partial charge is 0.157 e. The summed E-state index contributed by atoms with van der Waals surface area (Å²) < 4.78 is 27.3. The van der Waals surface area contributed by atoms with Gasteiger partial charge in [0.05, 0.1) is 11.5 Å². The molecule has 0 saturated carbocycles. The lowest BCUT2D eigenvalue weighted by atomic mass is 10.2. The highest BCUT2D eigenvalue weighted by Gasteiger charge is 2.35. The molecule has 1 aromatic rings. The Morgan fingerprint density at radius 1 is 1.31 bits per heavy atom. The Morgan fingerprint density at radius 2 is 1.94 bits per heavy atom. The molecule has 2 N–H and O–H groups in total. The average molecular weight is 243 g/mol. The van der Waals surface area contributed by atoms with Gasteiger partial charge in [0.2, 0.25) is 0 Å². The summed E-state index contributed by atoms with van der Waals surface area (Å²) in [4.78, 5) is 0. The van der Waals surface area contributed by atoms with E-state index in [2.05, 4.69) is 5.48 Å². The zero-order valence-electron chi connectivity index (χ0n) is 8.59. The van der Waals surface area contributed by atoms with E-state index in [9.17, 15) is 8.42 Å². The quantitative estimate of drug-likeness (QED) is 0.746. The van der Waals surface area contributed by atoms with Crippen molar-refractivity contribution in [2.45, 2.75) is 12.6 Å². The normalized spacial score (nSPS) is 19.1. The van der Waals surface area contributed by atoms with Crippen LogP contribution in [0.5, 0.6) is 5.75 Å². The first-order valence-corrected chi connectivity index (χ1v) is 6.74. The van der Waals surface area contributed by atoms with Gasteiger partial charge in [-0.15, -0.1) is 0 Å². The molecule has 0 aromatic heterocycles. The number of hydrogen-bond donors (Lipinski definition) is 2. The fourth-order valence-electron chi connectivity index (χ4n) is 1.56. The molecule has 5 nitrogen and oxygen atoms in total. The zero-order chi connectivity index (χ0) is 11.6. The van der Waals surface area contributed by atoms with E-state index >= 15 is 0 Å². The summed E-state index contributed by atoms with van der Waals surface area (Å²) in [5, 5.41) is 8.49. The largest absolute Gasteiger partial charge is 0.488 e. The van der Waals surface area contributed by atoms with Crippen molar-refractivity contribution in [3.05, 3.63) is 29.8 Å². The van der Waals surface area contributed by atoms with Gasteiger partial charge in [-0.25, -0.2) is 13.9 Å². The van der Waals surface area contributed by atoms with Crippen LogP contribution in [-0.2, 0) is 16.4 Å². The molecular formula is C10H13NO4S. The molecule has 2 rings (SSSR count). The summed E-state index contributed by atoms with van der Waals surface area (Å²) in [7, 11) is -2.84. The molecule has 1 heterocycles. The molecule has 0 spiro atoms. The summed E-state index contributed by atoms with van der Waals surface area (Å²) in [6.45, 7) is 0.373. The molecular weight excluding hydrogens is 230 g/mol. The van der Waals surface area contributed by atoms with Gasteiger partial charge in [-0.1, -0.05) is 12.1 Å². The Kier molecular flexibility index (Phi) is 3.13. The van der Waals surface area contributed by atoms with Gasteiger partial charge in [0, 0.05) is 6.54 Å². The molecule has 0 atom stereocenters. The first kappa shape index (κ1) is 11.4. The van der Waals surface area contributed by atoms with Gasteiger partial charge in [-0.2, -0.15) is 0 Å². The monoisotopic (exact) mass is 243 g/mol. The lowest BCUT2D eigenvalue weighted by Crippen LogP contribution is -2.45.